The number of nitriles is 1. The van der Waals surface area contributed by atoms with Crippen LogP contribution in [0.2, 0.25) is 10.0 Å². The number of nitro benzene ring substituents is 1. The summed E-state index contributed by atoms with van der Waals surface area (Å²) in [6, 6.07) is 4.16. The Morgan fingerprint density at radius 1 is 1.53 bits per heavy atom. The molecule has 100 valence electrons. The first kappa shape index (κ1) is 15.2. The Hall–Kier alpha value is -1.84. The SMILES string of the molecule is CCN(CC#N)C(=O)c1cc(Cl)cc([N+](=O)[O-])c1Cl. The van der Waals surface area contributed by atoms with Gasteiger partial charge in [0.05, 0.1) is 16.6 Å². The fraction of sp³-hybridized carbons (Fsp3) is 0.273. The van der Waals surface area contributed by atoms with Crippen LogP contribution in [0.1, 0.15) is 17.3 Å². The fourth-order valence-corrected chi connectivity index (χ4v) is 1.92. The van der Waals surface area contributed by atoms with E-state index in [0.717, 1.165) is 6.07 Å². The molecule has 0 heterocycles. The number of amides is 1. The Morgan fingerprint density at radius 3 is 2.63 bits per heavy atom. The van der Waals surface area contributed by atoms with Gasteiger partial charge in [0.2, 0.25) is 0 Å². The summed E-state index contributed by atoms with van der Waals surface area (Å²) < 4.78 is 0. The van der Waals surface area contributed by atoms with Gasteiger partial charge in [-0.3, -0.25) is 14.9 Å². The molecule has 0 fully saturated rings. The molecule has 0 saturated carbocycles. The number of nitro groups is 1. The van der Waals surface area contributed by atoms with Crippen molar-refractivity contribution in [3.05, 3.63) is 37.9 Å². The highest BCUT2D eigenvalue weighted by Gasteiger charge is 2.24. The Morgan fingerprint density at radius 2 is 2.16 bits per heavy atom. The molecule has 0 N–H and O–H groups in total. The van der Waals surface area contributed by atoms with Crippen molar-refractivity contribution in [1.29, 1.82) is 5.26 Å². The van der Waals surface area contributed by atoms with Crippen molar-refractivity contribution < 1.29 is 9.72 Å². The Kier molecular flexibility index (Phi) is 5.10. The van der Waals surface area contributed by atoms with E-state index in [9.17, 15) is 14.9 Å². The van der Waals surface area contributed by atoms with Gasteiger partial charge in [-0.15, -0.1) is 0 Å². The molecule has 8 heteroatoms. The van der Waals surface area contributed by atoms with E-state index < -0.39 is 16.5 Å². The van der Waals surface area contributed by atoms with Crippen LogP contribution in [0.25, 0.3) is 0 Å². The summed E-state index contributed by atoms with van der Waals surface area (Å²) in [5.41, 5.74) is -0.525. The lowest BCUT2D eigenvalue weighted by Gasteiger charge is -2.17. The van der Waals surface area contributed by atoms with E-state index in [1.54, 1.807) is 6.92 Å². The highest BCUT2D eigenvalue weighted by atomic mass is 35.5. The van der Waals surface area contributed by atoms with Crippen molar-refractivity contribution in [3.8, 4) is 6.07 Å². The Balaban J connectivity index is 3.31. The standard InChI is InChI=1S/C11H9Cl2N3O3/c1-2-15(4-3-14)11(17)8-5-7(12)6-9(10(8)13)16(18)19/h5-6H,2,4H2,1H3. The molecular weight excluding hydrogens is 293 g/mol. The second kappa shape index (κ2) is 6.36. The predicted octanol–water partition coefficient (Wildman–Crippen LogP) is 2.89. The molecule has 1 rings (SSSR count). The molecule has 0 atom stereocenters. The van der Waals surface area contributed by atoms with Gasteiger partial charge in [0, 0.05) is 17.6 Å². The van der Waals surface area contributed by atoms with E-state index in [-0.39, 0.29) is 28.7 Å². The van der Waals surface area contributed by atoms with Crippen molar-refractivity contribution in [2.45, 2.75) is 6.92 Å². The van der Waals surface area contributed by atoms with Crippen molar-refractivity contribution in [2.24, 2.45) is 0 Å². The summed E-state index contributed by atoms with van der Waals surface area (Å²) in [5.74, 6) is -0.570. The Labute approximate surface area is 119 Å². The van der Waals surface area contributed by atoms with Gasteiger partial charge < -0.3 is 4.90 Å². The third-order valence-corrected chi connectivity index (χ3v) is 2.99. The van der Waals surface area contributed by atoms with Crippen LogP contribution in [0.3, 0.4) is 0 Å². The molecule has 1 aromatic rings. The van der Waals surface area contributed by atoms with Crippen LogP contribution in [0.5, 0.6) is 0 Å². The van der Waals surface area contributed by atoms with Crippen LogP contribution in [0, 0.1) is 21.4 Å². The summed E-state index contributed by atoms with van der Waals surface area (Å²) in [6.45, 7) is 1.83. The number of carbonyl (C=O) groups is 1. The van der Waals surface area contributed by atoms with E-state index >= 15 is 0 Å². The van der Waals surface area contributed by atoms with Crippen LogP contribution in [-0.2, 0) is 0 Å². The minimum Gasteiger partial charge on any atom is -0.326 e. The highest BCUT2D eigenvalue weighted by molar-refractivity contribution is 6.37. The fourth-order valence-electron chi connectivity index (χ4n) is 1.45. The van der Waals surface area contributed by atoms with Gasteiger partial charge in [0.15, 0.2) is 0 Å². The van der Waals surface area contributed by atoms with E-state index in [4.69, 9.17) is 28.5 Å². The number of rotatable bonds is 4. The normalized spacial score (nSPS) is 9.79. The van der Waals surface area contributed by atoms with Crippen LogP contribution < -0.4 is 0 Å². The smallest absolute Gasteiger partial charge is 0.290 e. The predicted molar refractivity (Wildman–Crippen MR) is 70.3 cm³/mol. The monoisotopic (exact) mass is 301 g/mol. The van der Waals surface area contributed by atoms with Gasteiger partial charge in [-0.1, -0.05) is 23.2 Å². The molecule has 0 aromatic heterocycles. The number of hydrogen-bond donors (Lipinski definition) is 0. The Bertz CT molecular complexity index is 569. The summed E-state index contributed by atoms with van der Waals surface area (Å²) in [6.07, 6.45) is 0. The first-order chi connectivity index (χ1) is 8.92. The van der Waals surface area contributed by atoms with Gasteiger partial charge in [0.25, 0.3) is 11.6 Å². The molecule has 0 unspecified atom stereocenters. The first-order valence-corrected chi connectivity index (χ1v) is 5.97. The van der Waals surface area contributed by atoms with Gasteiger partial charge in [-0.25, -0.2) is 0 Å². The number of nitrogens with zero attached hydrogens (tertiary/aromatic N) is 3. The van der Waals surface area contributed by atoms with E-state index in [0.29, 0.717) is 0 Å². The molecule has 19 heavy (non-hydrogen) atoms. The van der Waals surface area contributed by atoms with Gasteiger partial charge in [-0.05, 0) is 13.0 Å². The van der Waals surface area contributed by atoms with E-state index in [1.807, 2.05) is 6.07 Å². The van der Waals surface area contributed by atoms with Crippen LogP contribution >= 0.6 is 23.2 Å². The number of halogens is 2. The average molecular weight is 302 g/mol. The van der Waals surface area contributed by atoms with Crippen LogP contribution in [-0.4, -0.2) is 28.8 Å². The summed E-state index contributed by atoms with van der Waals surface area (Å²) in [5, 5.41) is 19.2. The van der Waals surface area contributed by atoms with Gasteiger partial charge in [-0.2, -0.15) is 5.26 Å². The van der Waals surface area contributed by atoms with Crippen LogP contribution in [0.15, 0.2) is 12.1 Å². The van der Waals surface area contributed by atoms with Crippen molar-refractivity contribution in [3.63, 3.8) is 0 Å². The molecule has 0 spiro atoms. The molecular formula is C11H9Cl2N3O3. The molecule has 0 aliphatic heterocycles. The minimum atomic E-state index is -0.717. The zero-order valence-electron chi connectivity index (χ0n) is 9.89. The first-order valence-electron chi connectivity index (χ1n) is 5.22. The largest absolute Gasteiger partial charge is 0.326 e. The third-order valence-electron chi connectivity index (χ3n) is 2.38. The second-order valence-electron chi connectivity index (χ2n) is 3.52. The van der Waals surface area contributed by atoms with E-state index in [2.05, 4.69) is 0 Å². The van der Waals surface area contributed by atoms with Crippen LogP contribution in [0.4, 0.5) is 5.69 Å². The highest BCUT2D eigenvalue weighted by Crippen LogP contribution is 2.32. The van der Waals surface area contributed by atoms with Crippen molar-refractivity contribution in [2.75, 3.05) is 13.1 Å². The van der Waals surface area contributed by atoms with Gasteiger partial charge >= 0.3 is 0 Å². The maximum atomic E-state index is 12.1. The lowest BCUT2D eigenvalue weighted by Crippen LogP contribution is -2.31. The molecule has 0 radical (unpaired) electrons. The molecule has 0 aliphatic carbocycles. The maximum absolute atomic E-state index is 12.1. The summed E-state index contributed by atoms with van der Waals surface area (Å²) in [7, 11) is 0. The molecule has 1 amide bonds. The average Bonchev–Trinajstić information content (AvgIpc) is 2.37. The minimum absolute atomic E-state index is 0.0347. The lowest BCUT2D eigenvalue weighted by atomic mass is 10.1. The number of carbonyl (C=O) groups excluding carboxylic acids is 1. The number of hydrogen-bond acceptors (Lipinski definition) is 4. The van der Waals surface area contributed by atoms with Gasteiger partial charge in [0.1, 0.15) is 11.6 Å². The van der Waals surface area contributed by atoms with E-state index in [1.165, 1.54) is 11.0 Å². The lowest BCUT2D eigenvalue weighted by molar-refractivity contribution is -0.384. The summed E-state index contributed by atoms with van der Waals surface area (Å²) >= 11 is 11.6. The zero-order chi connectivity index (χ0) is 14.6. The molecule has 0 bridgehead atoms. The molecule has 0 aliphatic rings. The maximum Gasteiger partial charge on any atom is 0.290 e. The zero-order valence-corrected chi connectivity index (χ0v) is 11.4. The second-order valence-corrected chi connectivity index (χ2v) is 4.34. The third kappa shape index (κ3) is 3.34. The van der Waals surface area contributed by atoms with Crippen molar-refractivity contribution >= 4 is 34.8 Å². The quantitative estimate of drug-likeness (QED) is 0.486. The number of benzene rings is 1. The molecule has 0 saturated heterocycles. The topological polar surface area (TPSA) is 87.2 Å². The van der Waals surface area contributed by atoms with Crippen molar-refractivity contribution in [1.82, 2.24) is 4.90 Å². The molecule has 1 aromatic carbocycles. The molecule has 6 nitrogen and oxygen atoms in total. The summed E-state index contributed by atoms with van der Waals surface area (Å²) in [4.78, 5) is 23.4.